The second-order valence-electron chi connectivity index (χ2n) is 4.93. The molecule has 0 unspecified atom stereocenters. The predicted molar refractivity (Wildman–Crippen MR) is 75.7 cm³/mol. The molecule has 17 heavy (non-hydrogen) atoms. The molecule has 1 aromatic carbocycles. The van der Waals surface area contributed by atoms with Crippen molar-refractivity contribution in [2.24, 2.45) is 0 Å². The Bertz CT molecular complexity index is 350. The molecule has 0 spiro atoms. The fraction of sp³-hybridized carbons (Fsp3) is 0.571. The van der Waals surface area contributed by atoms with Crippen LogP contribution in [0.15, 0.2) is 18.2 Å². The molecular formula is C14H23ClN2. The lowest BCUT2D eigenvalue weighted by molar-refractivity contribution is 0.320. The molecular weight excluding hydrogens is 232 g/mol. The molecule has 3 heteroatoms. The van der Waals surface area contributed by atoms with Crippen LogP contribution in [0.2, 0.25) is 5.02 Å². The molecule has 1 N–H and O–H groups in total. The van der Waals surface area contributed by atoms with E-state index in [1.165, 1.54) is 5.56 Å². The normalized spacial score (nSPS) is 11.5. The topological polar surface area (TPSA) is 15.3 Å². The lowest BCUT2D eigenvalue weighted by Crippen LogP contribution is -2.32. The van der Waals surface area contributed by atoms with Crippen molar-refractivity contribution in [3.63, 3.8) is 0 Å². The van der Waals surface area contributed by atoms with Gasteiger partial charge in [-0.05, 0) is 31.2 Å². The molecule has 0 fully saturated rings. The van der Waals surface area contributed by atoms with Gasteiger partial charge in [0.25, 0.3) is 0 Å². The van der Waals surface area contributed by atoms with E-state index in [0.29, 0.717) is 6.04 Å². The van der Waals surface area contributed by atoms with Crippen molar-refractivity contribution < 1.29 is 0 Å². The number of aryl methyl sites for hydroxylation is 1. The van der Waals surface area contributed by atoms with Crippen molar-refractivity contribution in [3.05, 3.63) is 34.3 Å². The first-order valence-electron chi connectivity index (χ1n) is 6.16. The maximum absolute atomic E-state index is 6.01. The van der Waals surface area contributed by atoms with Crippen molar-refractivity contribution in [3.8, 4) is 0 Å². The van der Waals surface area contributed by atoms with Gasteiger partial charge in [0.2, 0.25) is 0 Å². The van der Waals surface area contributed by atoms with Crippen molar-refractivity contribution in [1.29, 1.82) is 0 Å². The number of benzene rings is 1. The van der Waals surface area contributed by atoms with Gasteiger partial charge in [-0.2, -0.15) is 0 Å². The summed E-state index contributed by atoms with van der Waals surface area (Å²) < 4.78 is 0. The van der Waals surface area contributed by atoms with Gasteiger partial charge in [-0.25, -0.2) is 0 Å². The van der Waals surface area contributed by atoms with Gasteiger partial charge in [0.1, 0.15) is 0 Å². The molecule has 96 valence electrons. The lowest BCUT2D eigenvalue weighted by Gasteiger charge is -2.18. The van der Waals surface area contributed by atoms with Gasteiger partial charge < -0.3 is 10.2 Å². The van der Waals surface area contributed by atoms with Crippen LogP contribution in [0.1, 0.15) is 25.0 Å². The summed E-state index contributed by atoms with van der Waals surface area (Å²) in [5.74, 6) is 0. The van der Waals surface area contributed by atoms with E-state index in [1.54, 1.807) is 0 Å². The van der Waals surface area contributed by atoms with E-state index in [9.17, 15) is 0 Å². The first-order chi connectivity index (χ1) is 7.99. The molecule has 1 aromatic rings. The highest BCUT2D eigenvalue weighted by atomic mass is 35.5. The third-order valence-electron chi connectivity index (χ3n) is 2.72. The molecule has 1 rings (SSSR count). The Balaban J connectivity index is 2.39. The van der Waals surface area contributed by atoms with Crippen LogP contribution in [-0.4, -0.2) is 31.1 Å². The van der Waals surface area contributed by atoms with Gasteiger partial charge in [-0.15, -0.1) is 0 Å². The van der Waals surface area contributed by atoms with Crippen LogP contribution in [-0.2, 0) is 6.54 Å². The zero-order valence-corrected chi connectivity index (χ0v) is 12.0. The first kappa shape index (κ1) is 14.5. The SMILES string of the molecule is Cc1cc(CN(C)CCNC(C)C)ccc1Cl. The van der Waals surface area contributed by atoms with Crippen LogP contribution in [0.3, 0.4) is 0 Å². The summed E-state index contributed by atoms with van der Waals surface area (Å²) in [6.45, 7) is 9.44. The van der Waals surface area contributed by atoms with E-state index in [0.717, 1.165) is 30.2 Å². The van der Waals surface area contributed by atoms with Gasteiger partial charge >= 0.3 is 0 Å². The van der Waals surface area contributed by atoms with E-state index < -0.39 is 0 Å². The molecule has 0 heterocycles. The standard InChI is InChI=1S/C14H23ClN2/c1-11(2)16-7-8-17(4)10-13-5-6-14(15)12(3)9-13/h5-6,9,11,16H,7-8,10H2,1-4H3. The van der Waals surface area contributed by atoms with E-state index in [2.05, 4.69) is 43.2 Å². The third kappa shape index (κ3) is 5.53. The Labute approximate surface area is 110 Å². The minimum atomic E-state index is 0.557. The lowest BCUT2D eigenvalue weighted by atomic mass is 10.1. The summed E-state index contributed by atoms with van der Waals surface area (Å²) in [6, 6.07) is 6.80. The smallest absolute Gasteiger partial charge is 0.0435 e. The van der Waals surface area contributed by atoms with Gasteiger partial charge in [0.15, 0.2) is 0 Å². The first-order valence-corrected chi connectivity index (χ1v) is 6.54. The summed E-state index contributed by atoms with van der Waals surface area (Å²) in [6.07, 6.45) is 0. The molecule has 0 amide bonds. The van der Waals surface area contributed by atoms with Crippen molar-refractivity contribution in [2.75, 3.05) is 20.1 Å². The Kier molecular flexibility index (Phi) is 5.96. The van der Waals surface area contributed by atoms with Gasteiger partial charge in [0, 0.05) is 30.7 Å². The van der Waals surface area contributed by atoms with Crippen LogP contribution in [0.4, 0.5) is 0 Å². The van der Waals surface area contributed by atoms with Crippen molar-refractivity contribution in [2.45, 2.75) is 33.4 Å². The highest BCUT2D eigenvalue weighted by molar-refractivity contribution is 6.31. The number of halogens is 1. The number of rotatable bonds is 6. The minimum absolute atomic E-state index is 0.557. The second-order valence-corrected chi connectivity index (χ2v) is 5.34. The fourth-order valence-electron chi connectivity index (χ4n) is 1.74. The van der Waals surface area contributed by atoms with Crippen LogP contribution >= 0.6 is 11.6 Å². The quantitative estimate of drug-likeness (QED) is 0.839. The fourth-order valence-corrected chi connectivity index (χ4v) is 1.86. The monoisotopic (exact) mass is 254 g/mol. The molecule has 0 aliphatic carbocycles. The van der Waals surface area contributed by atoms with Crippen LogP contribution < -0.4 is 5.32 Å². The molecule has 0 radical (unpaired) electrons. The largest absolute Gasteiger partial charge is 0.313 e. The summed E-state index contributed by atoms with van der Waals surface area (Å²) in [7, 11) is 2.14. The average molecular weight is 255 g/mol. The zero-order chi connectivity index (χ0) is 12.8. The molecule has 2 nitrogen and oxygen atoms in total. The predicted octanol–water partition coefficient (Wildman–Crippen LogP) is 3.08. The van der Waals surface area contributed by atoms with E-state index in [4.69, 9.17) is 11.6 Å². The third-order valence-corrected chi connectivity index (χ3v) is 3.15. The molecule has 0 aromatic heterocycles. The number of nitrogens with zero attached hydrogens (tertiary/aromatic N) is 1. The Morgan fingerprint density at radius 3 is 2.65 bits per heavy atom. The second kappa shape index (κ2) is 7.00. The molecule has 0 saturated heterocycles. The van der Waals surface area contributed by atoms with Gasteiger partial charge in [0.05, 0.1) is 0 Å². The van der Waals surface area contributed by atoms with Crippen LogP contribution in [0.25, 0.3) is 0 Å². The maximum Gasteiger partial charge on any atom is 0.0435 e. The number of likely N-dealkylation sites (N-methyl/N-ethyl adjacent to an activating group) is 1. The Morgan fingerprint density at radius 2 is 2.06 bits per heavy atom. The minimum Gasteiger partial charge on any atom is -0.313 e. The molecule has 0 aliphatic heterocycles. The van der Waals surface area contributed by atoms with Crippen molar-refractivity contribution in [1.82, 2.24) is 10.2 Å². The highest BCUT2D eigenvalue weighted by Crippen LogP contribution is 2.16. The van der Waals surface area contributed by atoms with Crippen molar-refractivity contribution >= 4 is 11.6 Å². The average Bonchev–Trinajstić information content (AvgIpc) is 2.23. The summed E-state index contributed by atoms with van der Waals surface area (Å²) in [5.41, 5.74) is 2.47. The molecule has 0 atom stereocenters. The van der Waals surface area contributed by atoms with Crippen LogP contribution in [0, 0.1) is 6.92 Å². The maximum atomic E-state index is 6.01. The number of hydrogen-bond donors (Lipinski definition) is 1. The summed E-state index contributed by atoms with van der Waals surface area (Å²) in [5, 5.41) is 4.27. The zero-order valence-electron chi connectivity index (χ0n) is 11.3. The molecule has 0 bridgehead atoms. The Hall–Kier alpha value is -0.570. The summed E-state index contributed by atoms with van der Waals surface area (Å²) in [4.78, 5) is 2.32. The number of hydrogen-bond acceptors (Lipinski definition) is 2. The van der Waals surface area contributed by atoms with Gasteiger partial charge in [-0.1, -0.05) is 37.6 Å². The molecule has 0 saturated carbocycles. The van der Waals surface area contributed by atoms with E-state index in [1.807, 2.05) is 13.0 Å². The van der Waals surface area contributed by atoms with Crippen LogP contribution in [0.5, 0.6) is 0 Å². The van der Waals surface area contributed by atoms with E-state index >= 15 is 0 Å². The highest BCUT2D eigenvalue weighted by Gasteiger charge is 2.02. The molecule has 0 aliphatic rings. The summed E-state index contributed by atoms with van der Waals surface area (Å²) >= 11 is 6.01. The number of nitrogens with one attached hydrogen (secondary N) is 1. The van der Waals surface area contributed by atoms with Gasteiger partial charge in [-0.3, -0.25) is 0 Å². The Morgan fingerprint density at radius 1 is 1.35 bits per heavy atom. The van der Waals surface area contributed by atoms with E-state index in [-0.39, 0.29) is 0 Å².